The molecule has 0 radical (unpaired) electrons. The molecule has 0 aromatic carbocycles. The lowest BCUT2D eigenvalue weighted by atomic mass is 10.3. The number of hydrogen-bond acceptors (Lipinski definition) is 2. The van der Waals surface area contributed by atoms with Gasteiger partial charge in [-0.15, -0.1) is 11.8 Å². The highest BCUT2D eigenvalue weighted by molar-refractivity contribution is 7.99. The van der Waals surface area contributed by atoms with Gasteiger partial charge in [-0.25, -0.2) is 0 Å². The fourth-order valence-corrected chi connectivity index (χ4v) is 2.20. The van der Waals surface area contributed by atoms with E-state index < -0.39 is 0 Å². The second-order valence-electron chi connectivity index (χ2n) is 2.34. The molecule has 3 heteroatoms. The van der Waals surface area contributed by atoms with Crippen molar-refractivity contribution in [3.8, 4) is 0 Å². The summed E-state index contributed by atoms with van der Waals surface area (Å²) in [6.07, 6.45) is 0. The van der Waals surface area contributed by atoms with E-state index in [9.17, 15) is 4.79 Å². The van der Waals surface area contributed by atoms with Gasteiger partial charge in [0.25, 0.3) is 0 Å². The van der Waals surface area contributed by atoms with Gasteiger partial charge in [-0.2, -0.15) is 0 Å². The highest BCUT2D eigenvalue weighted by atomic mass is 32.2. The average molecular weight is 145 g/mol. The van der Waals surface area contributed by atoms with E-state index in [4.69, 9.17) is 0 Å². The Morgan fingerprint density at radius 3 is 2.67 bits per heavy atom. The molecule has 1 aliphatic rings. The number of hydrogen-bond donors (Lipinski definition) is 0. The van der Waals surface area contributed by atoms with Gasteiger partial charge in [0.15, 0.2) is 0 Å². The molecule has 1 atom stereocenters. The molecule has 1 fully saturated rings. The van der Waals surface area contributed by atoms with Crippen LogP contribution in [0.3, 0.4) is 0 Å². The molecule has 0 saturated carbocycles. The SMILES string of the molecule is CC(=O)N1CSCC1C. The molecule has 1 saturated heterocycles. The zero-order valence-electron chi connectivity index (χ0n) is 5.76. The Bertz CT molecular complexity index is 126. The number of carbonyl (C=O) groups excluding carboxylic acids is 1. The number of thioether (sulfide) groups is 1. The van der Waals surface area contributed by atoms with Crippen molar-refractivity contribution < 1.29 is 4.79 Å². The Kier molecular flexibility index (Phi) is 2.01. The van der Waals surface area contributed by atoms with Crippen LogP contribution in [-0.2, 0) is 4.79 Å². The number of carbonyl (C=O) groups is 1. The smallest absolute Gasteiger partial charge is 0.220 e. The third kappa shape index (κ3) is 1.39. The van der Waals surface area contributed by atoms with Crippen molar-refractivity contribution in [1.29, 1.82) is 0 Å². The summed E-state index contributed by atoms with van der Waals surface area (Å²) in [7, 11) is 0. The molecule has 1 unspecified atom stereocenters. The lowest BCUT2D eigenvalue weighted by Crippen LogP contribution is -2.32. The van der Waals surface area contributed by atoms with E-state index in [0.717, 1.165) is 11.6 Å². The quantitative estimate of drug-likeness (QED) is 0.505. The zero-order chi connectivity index (χ0) is 6.85. The van der Waals surface area contributed by atoms with Crippen LogP contribution in [0.5, 0.6) is 0 Å². The largest absolute Gasteiger partial charge is 0.330 e. The van der Waals surface area contributed by atoms with Gasteiger partial charge in [0.2, 0.25) is 5.91 Å². The summed E-state index contributed by atoms with van der Waals surface area (Å²) in [6.45, 7) is 3.71. The molecule has 1 rings (SSSR count). The maximum absolute atomic E-state index is 10.8. The van der Waals surface area contributed by atoms with Gasteiger partial charge in [0, 0.05) is 18.7 Å². The molecule has 1 heterocycles. The monoisotopic (exact) mass is 145 g/mol. The summed E-state index contributed by atoms with van der Waals surface area (Å²) in [5.41, 5.74) is 0. The molecule has 2 nitrogen and oxygen atoms in total. The molecule has 0 spiro atoms. The third-order valence-electron chi connectivity index (χ3n) is 1.53. The van der Waals surface area contributed by atoms with Gasteiger partial charge in [-0.05, 0) is 6.92 Å². The van der Waals surface area contributed by atoms with Crippen LogP contribution in [0, 0.1) is 0 Å². The van der Waals surface area contributed by atoms with E-state index in [1.165, 1.54) is 0 Å². The van der Waals surface area contributed by atoms with E-state index in [0.29, 0.717) is 6.04 Å². The molecule has 1 aliphatic heterocycles. The van der Waals surface area contributed by atoms with Crippen molar-refractivity contribution in [2.75, 3.05) is 11.6 Å². The Morgan fingerprint density at radius 2 is 2.44 bits per heavy atom. The molecule has 52 valence electrons. The molecule has 1 amide bonds. The van der Waals surface area contributed by atoms with Gasteiger partial charge in [-0.1, -0.05) is 0 Å². The van der Waals surface area contributed by atoms with Crippen LogP contribution >= 0.6 is 11.8 Å². The minimum absolute atomic E-state index is 0.201. The average Bonchev–Trinajstić information content (AvgIpc) is 2.13. The molecular formula is C6H11NOS. The van der Waals surface area contributed by atoms with Crippen molar-refractivity contribution in [2.24, 2.45) is 0 Å². The molecule has 0 aromatic rings. The fraction of sp³-hybridized carbons (Fsp3) is 0.833. The highest BCUT2D eigenvalue weighted by Crippen LogP contribution is 2.19. The van der Waals surface area contributed by atoms with Crippen LogP contribution in [0.15, 0.2) is 0 Å². The van der Waals surface area contributed by atoms with Gasteiger partial charge in [-0.3, -0.25) is 4.79 Å². The minimum Gasteiger partial charge on any atom is -0.330 e. The molecule has 0 bridgehead atoms. The summed E-state index contributed by atoms with van der Waals surface area (Å²) in [6, 6.07) is 0.451. The number of nitrogens with zero attached hydrogens (tertiary/aromatic N) is 1. The Labute approximate surface area is 59.6 Å². The van der Waals surface area contributed by atoms with E-state index in [-0.39, 0.29) is 5.91 Å². The first-order valence-electron chi connectivity index (χ1n) is 3.07. The van der Waals surface area contributed by atoms with Gasteiger partial charge in [0.05, 0.1) is 5.88 Å². The minimum atomic E-state index is 0.201. The lowest BCUT2D eigenvalue weighted by molar-refractivity contribution is -0.128. The Hall–Kier alpha value is -0.180. The van der Waals surface area contributed by atoms with Crippen LogP contribution in [-0.4, -0.2) is 28.5 Å². The summed E-state index contributed by atoms with van der Waals surface area (Å²) in [5, 5.41) is 0. The second kappa shape index (κ2) is 2.60. The Morgan fingerprint density at radius 1 is 1.78 bits per heavy atom. The normalized spacial score (nSPS) is 26.9. The van der Waals surface area contributed by atoms with Gasteiger partial charge >= 0.3 is 0 Å². The van der Waals surface area contributed by atoms with Crippen LogP contribution in [0.2, 0.25) is 0 Å². The summed E-state index contributed by atoms with van der Waals surface area (Å²) < 4.78 is 0. The molecule has 0 aromatic heterocycles. The predicted octanol–water partition coefficient (Wildman–Crippen LogP) is 0.928. The highest BCUT2D eigenvalue weighted by Gasteiger charge is 2.21. The maximum Gasteiger partial charge on any atom is 0.220 e. The summed E-state index contributed by atoms with van der Waals surface area (Å²) in [4.78, 5) is 12.7. The van der Waals surface area contributed by atoms with E-state index in [1.54, 1.807) is 6.92 Å². The first-order valence-corrected chi connectivity index (χ1v) is 4.22. The van der Waals surface area contributed by atoms with Gasteiger partial charge < -0.3 is 4.90 Å². The summed E-state index contributed by atoms with van der Waals surface area (Å²) in [5.74, 6) is 2.18. The van der Waals surface area contributed by atoms with Crippen LogP contribution in [0.4, 0.5) is 0 Å². The van der Waals surface area contributed by atoms with E-state index in [1.807, 2.05) is 16.7 Å². The Balaban J connectivity index is 2.49. The third-order valence-corrected chi connectivity index (χ3v) is 2.70. The molecule has 0 N–H and O–H groups in total. The first-order chi connectivity index (χ1) is 4.22. The van der Waals surface area contributed by atoms with E-state index in [2.05, 4.69) is 6.92 Å². The predicted molar refractivity (Wildman–Crippen MR) is 39.3 cm³/mol. The van der Waals surface area contributed by atoms with Crippen molar-refractivity contribution in [3.05, 3.63) is 0 Å². The second-order valence-corrected chi connectivity index (χ2v) is 3.34. The van der Waals surface area contributed by atoms with Crippen LogP contribution < -0.4 is 0 Å². The zero-order valence-corrected chi connectivity index (χ0v) is 6.57. The van der Waals surface area contributed by atoms with Gasteiger partial charge in [0.1, 0.15) is 0 Å². The number of amides is 1. The van der Waals surface area contributed by atoms with Crippen molar-refractivity contribution in [3.63, 3.8) is 0 Å². The molecule has 0 aliphatic carbocycles. The van der Waals surface area contributed by atoms with Crippen LogP contribution in [0.25, 0.3) is 0 Å². The van der Waals surface area contributed by atoms with E-state index >= 15 is 0 Å². The van der Waals surface area contributed by atoms with Crippen molar-refractivity contribution in [2.45, 2.75) is 19.9 Å². The molecular weight excluding hydrogens is 134 g/mol. The molecule has 9 heavy (non-hydrogen) atoms. The fourth-order valence-electron chi connectivity index (χ4n) is 0.940. The summed E-state index contributed by atoms with van der Waals surface area (Å²) >= 11 is 1.82. The standard InChI is InChI=1S/C6H11NOS/c1-5-3-9-4-7(5)6(2)8/h5H,3-4H2,1-2H3. The van der Waals surface area contributed by atoms with Crippen LogP contribution in [0.1, 0.15) is 13.8 Å². The van der Waals surface area contributed by atoms with Crippen molar-refractivity contribution >= 4 is 17.7 Å². The number of rotatable bonds is 0. The topological polar surface area (TPSA) is 20.3 Å². The first kappa shape index (κ1) is 6.93. The van der Waals surface area contributed by atoms with Crippen molar-refractivity contribution in [1.82, 2.24) is 4.90 Å². The maximum atomic E-state index is 10.8. The lowest BCUT2D eigenvalue weighted by Gasteiger charge is -2.17.